The standard InChI is InChI=1S/C30H28FN3O2/c1-2-3-19-32(30(36)23-15-17-24(31)18-16-23)21-28(35)34-26-13-8-7-12-25(26)33-20-9-14-27(33)29(34)22-10-5-4-6-11-22/h4-18,20,29H,2-3,19,21H2,1H3. The van der Waals surface area contributed by atoms with E-state index in [1.807, 2.05) is 84.8 Å². The van der Waals surface area contributed by atoms with Gasteiger partial charge in [-0.25, -0.2) is 4.39 Å². The van der Waals surface area contributed by atoms with E-state index in [4.69, 9.17) is 0 Å². The highest BCUT2D eigenvalue weighted by Gasteiger charge is 2.36. The summed E-state index contributed by atoms with van der Waals surface area (Å²) in [5.41, 5.74) is 4.06. The molecule has 0 saturated carbocycles. The predicted molar refractivity (Wildman–Crippen MR) is 139 cm³/mol. The van der Waals surface area contributed by atoms with Crippen LogP contribution in [0.5, 0.6) is 0 Å². The summed E-state index contributed by atoms with van der Waals surface area (Å²) in [6.45, 7) is 2.41. The zero-order valence-electron chi connectivity index (χ0n) is 20.2. The Balaban J connectivity index is 1.54. The minimum absolute atomic E-state index is 0.0748. The van der Waals surface area contributed by atoms with Gasteiger partial charge in [-0.2, -0.15) is 0 Å². The van der Waals surface area contributed by atoms with Crippen molar-refractivity contribution in [2.75, 3.05) is 18.0 Å². The molecule has 1 unspecified atom stereocenters. The van der Waals surface area contributed by atoms with Crippen molar-refractivity contribution in [1.29, 1.82) is 0 Å². The number of halogens is 1. The van der Waals surface area contributed by atoms with Gasteiger partial charge >= 0.3 is 0 Å². The maximum absolute atomic E-state index is 14.1. The Hall–Kier alpha value is -4.19. The molecule has 3 aromatic carbocycles. The molecule has 0 spiro atoms. The van der Waals surface area contributed by atoms with Gasteiger partial charge in [0.15, 0.2) is 0 Å². The third-order valence-electron chi connectivity index (χ3n) is 6.59. The molecule has 5 nitrogen and oxygen atoms in total. The van der Waals surface area contributed by atoms with Gasteiger partial charge in [0.05, 0.1) is 17.1 Å². The fourth-order valence-electron chi connectivity index (χ4n) is 4.83. The highest BCUT2D eigenvalue weighted by molar-refractivity contribution is 6.02. The molecule has 2 heterocycles. The number of rotatable bonds is 7. The number of hydrogen-bond acceptors (Lipinski definition) is 2. The first-order chi connectivity index (χ1) is 17.6. The second-order valence-corrected chi connectivity index (χ2v) is 8.96. The van der Waals surface area contributed by atoms with Gasteiger partial charge in [0.1, 0.15) is 18.4 Å². The summed E-state index contributed by atoms with van der Waals surface area (Å²) >= 11 is 0. The average molecular weight is 482 g/mol. The minimum Gasteiger partial charge on any atom is -0.329 e. The van der Waals surface area contributed by atoms with Gasteiger partial charge < -0.3 is 9.47 Å². The van der Waals surface area contributed by atoms with E-state index in [1.54, 1.807) is 4.90 Å². The Labute approximate surface area is 210 Å². The van der Waals surface area contributed by atoms with Gasteiger partial charge in [0.2, 0.25) is 5.91 Å². The lowest BCUT2D eigenvalue weighted by Gasteiger charge is -2.39. The fraction of sp³-hybridized carbons (Fsp3) is 0.200. The smallest absolute Gasteiger partial charge is 0.254 e. The van der Waals surface area contributed by atoms with Crippen LogP contribution in [-0.2, 0) is 4.79 Å². The van der Waals surface area contributed by atoms with Crippen molar-refractivity contribution in [2.24, 2.45) is 0 Å². The van der Waals surface area contributed by atoms with Crippen LogP contribution in [0.15, 0.2) is 97.2 Å². The van der Waals surface area contributed by atoms with Gasteiger partial charge in [0, 0.05) is 18.3 Å². The normalized spacial score (nSPS) is 14.2. The Morgan fingerprint density at radius 1 is 0.861 bits per heavy atom. The molecular formula is C30H28FN3O2. The lowest BCUT2D eigenvalue weighted by atomic mass is 9.97. The number of amides is 2. The van der Waals surface area contributed by atoms with E-state index >= 15 is 0 Å². The van der Waals surface area contributed by atoms with Crippen molar-refractivity contribution in [2.45, 2.75) is 25.8 Å². The van der Waals surface area contributed by atoms with Crippen LogP contribution >= 0.6 is 0 Å². The summed E-state index contributed by atoms with van der Waals surface area (Å²) in [6, 6.07) is 26.9. The van der Waals surface area contributed by atoms with Crippen LogP contribution in [0.4, 0.5) is 10.1 Å². The third-order valence-corrected chi connectivity index (χ3v) is 6.59. The third kappa shape index (κ3) is 4.42. The predicted octanol–water partition coefficient (Wildman–Crippen LogP) is 5.99. The number of carbonyl (C=O) groups excluding carboxylic acids is 2. The van der Waals surface area contributed by atoms with E-state index in [9.17, 15) is 14.0 Å². The van der Waals surface area contributed by atoms with Crippen LogP contribution in [0.2, 0.25) is 0 Å². The van der Waals surface area contributed by atoms with Gasteiger partial charge in [-0.1, -0.05) is 55.8 Å². The van der Waals surface area contributed by atoms with Gasteiger partial charge in [-0.15, -0.1) is 0 Å². The number of carbonyl (C=O) groups is 2. The lowest BCUT2D eigenvalue weighted by Crippen LogP contribution is -2.47. The first-order valence-electron chi connectivity index (χ1n) is 12.3. The van der Waals surface area contributed by atoms with E-state index in [2.05, 4.69) is 4.57 Å². The number of unbranched alkanes of at least 4 members (excludes halogenated alkanes) is 1. The first kappa shape index (κ1) is 23.5. The number of aromatic nitrogens is 1. The van der Waals surface area contributed by atoms with E-state index < -0.39 is 5.82 Å². The van der Waals surface area contributed by atoms with Crippen LogP contribution in [-0.4, -0.2) is 34.4 Å². The average Bonchev–Trinajstić information content (AvgIpc) is 3.41. The molecule has 1 aliphatic heterocycles. The quantitative estimate of drug-likeness (QED) is 0.325. The number of para-hydroxylation sites is 2. The number of hydrogen-bond donors (Lipinski definition) is 0. The Bertz CT molecular complexity index is 1360. The van der Waals surface area contributed by atoms with Crippen LogP contribution < -0.4 is 4.90 Å². The summed E-state index contributed by atoms with van der Waals surface area (Å²) in [6.07, 6.45) is 3.66. The minimum atomic E-state index is -0.402. The number of benzene rings is 3. The Morgan fingerprint density at radius 2 is 1.56 bits per heavy atom. The molecule has 1 aliphatic rings. The number of fused-ring (bicyclic) bond motifs is 3. The molecule has 0 fully saturated rings. The van der Waals surface area contributed by atoms with Crippen molar-refractivity contribution in [3.63, 3.8) is 0 Å². The summed E-state index contributed by atoms with van der Waals surface area (Å²) in [5.74, 6) is -0.849. The molecule has 2 amide bonds. The molecule has 0 aliphatic carbocycles. The molecule has 0 N–H and O–H groups in total. The van der Waals surface area contributed by atoms with Gasteiger partial charge in [-0.3, -0.25) is 14.5 Å². The van der Waals surface area contributed by atoms with E-state index in [0.29, 0.717) is 12.1 Å². The second kappa shape index (κ2) is 10.2. The van der Waals surface area contributed by atoms with Crippen molar-refractivity contribution < 1.29 is 14.0 Å². The SMILES string of the molecule is CCCCN(CC(=O)N1c2ccccc2-n2cccc2C1c1ccccc1)C(=O)c1ccc(F)cc1. The fourth-order valence-corrected chi connectivity index (χ4v) is 4.83. The van der Waals surface area contributed by atoms with Crippen molar-refractivity contribution in [3.05, 3.63) is 120 Å². The lowest BCUT2D eigenvalue weighted by molar-refractivity contribution is -0.119. The van der Waals surface area contributed by atoms with Crippen LogP contribution in [0.3, 0.4) is 0 Å². The molecule has 0 bridgehead atoms. The van der Waals surface area contributed by atoms with E-state index in [1.165, 1.54) is 24.3 Å². The van der Waals surface area contributed by atoms with Crippen molar-refractivity contribution >= 4 is 17.5 Å². The highest BCUT2D eigenvalue weighted by Crippen LogP contribution is 2.42. The van der Waals surface area contributed by atoms with Crippen LogP contribution in [0.25, 0.3) is 5.69 Å². The number of nitrogens with zero attached hydrogens (tertiary/aromatic N) is 3. The van der Waals surface area contributed by atoms with Gasteiger partial charge in [0.25, 0.3) is 5.91 Å². The zero-order chi connectivity index (χ0) is 25.1. The molecule has 0 radical (unpaired) electrons. The summed E-state index contributed by atoms with van der Waals surface area (Å²) in [7, 11) is 0. The first-order valence-corrected chi connectivity index (χ1v) is 12.3. The van der Waals surface area contributed by atoms with Crippen LogP contribution in [0, 0.1) is 5.82 Å². The highest BCUT2D eigenvalue weighted by atomic mass is 19.1. The molecule has 6 heteroatoms. The topological polar surface area (TPSA) is 45.6 Å². The monoisotopic (exact) mass is 481 g/mol. The largest absolute Gasteiger partial charge is 0.329 e. The van der Waals surface area contributed by atoms with Crippen LogP contribution in [0.1, 0.15) is 47.4 Å². The number of anilines is 1. The maximum Gasteiger partial charge on any atom is 0.254 e. The van der Waals surface area contributed by atoms with Gasteiger partial charge in [-0.05, 0) is 60.5 Å². The molecule has 0 saturated heterocycles. The van der Waals surface area contributed by atoms with E-state index in [0.717, 1.165) is 35.5 Å². The molecular weight excluding hydrogens is 453 g/mol. The maximum atomic E-state index is 14.1. The zero-order valence-corrected chi connectivity index (χ0v) is 20.2. The summed E-state index contributed by atoms with van der Waals surface area (Å²) < 4.78 is 15.6. The molecule has 5 rings (SSSR count). The molecule has 182 valence electrons. The molecule has 4 aromatic rings. The molecule has 1 atom stereocenters. The molecule has 36 heavy (non-hydrogen) atoms. The second-order valence-electron chi connectivity index (χ2n) is 8.96. The van der Waals surface area contributed by atoms with Crippen molar-refractivity contribution in [1.82, 2.24) is 9.47 Å². The molecule has 1 aromatic heterocycles. The Kier molecular flexibility index (Phi) is 6.67. The summed E-state index contributed by atoms with van der Waals surface area (Å²) in [4.78, 5) is 30.9. The van der Waals surface area contributed by atoms with Crippen molar-refractivity contribution in [3.8, 4) is 5.69 Å². The summed E-state index contributed by atoms with van der Waals surface area (Å²) in [5, 5.41) is 0. The Morgan fingerprint density at radius 3 is 2.28 bits per heavy atom. The van der Waals surface area contributed by atoms with E-state index in [-0.39, 0.29) is 24.4 Å².